The average Bonchev–Trinajstić information content (AvgIpc) is 2.61. The van der Waals surface area contributed by atoms with Crippen LogP contribution >= 0.6 is 0 Å². The first-order chi connectivity index (χ1) is 6.81. The number of likely N-dealkylation sites (tertiary alicyclic amines) is 1. The lowest BCUT2D eigenvalue weighted by molar-refractivity contribution is 0.402. The number of hydrogen-bond acceptors (Lipinski definition) is 2. The molecule has 1 fully saturated rings. The molecule has 2 rings (SSSR count). The summed E-state index contributed by atoms with van der Waals surface area (Å²) < 4.78 is 0. The monoisotopic (exact) mass is 190 g/mol. The van der Waals surface area contributed by atoms with Crippen LogP contribution in [0.15, 0.2) is 30.3 Å². The lowest BCUT2D eigenvalue weighted by Gasteiger charge is -2.17. The van der Waals surface area contributed by atoms with Crippen LogP contribution in [-0.2, 0) is 0 Å². The molecule has 1 aromatic carbocycles. The summed E-state index contributed by atoms with van der Waals surface area (Å²) in [6.07, 6.45) is 0. The Balaban J connectivity index is 2.18. The van der Waals surface area contributed by atoms with Crippen molar-refractivity contribution < 1.29 is 0 Å². The van der Waals surface area contributed by atoms with Crippen molar-refractivity contribution in [1.29, 1.82) is 0 Å². The standard InChI is InChI=1S/C12H18N2/c1-13-12-9-14(2)8-11(12)10-6-4-3-5-7-10/h3-7,11-13H,8-9H2,1-2H3. The highest BCUT2D eigenvalue weighted by Gasteiger charge is 2.30. The van der Waals surface area contributed by atoms with E-state index in [0.29, 0.717) is 12.0 Å². The van der Waals surface area contributed by atoms with Gasteiger partial charge in [-0.2, -0.15) is 0 Å². The van der Waals surface area contributed by atoms with E-state index in [0.717, 1.165) is 13.1 Å². The van der Waals surface area contributed by atoms with Gasteiger partial charge in [0.2, 0.25) is 0 Å². The third-order valence-electron chi connectivity index (χ3n) is 3.10. The van der Waals surface area contributed by atoms with E-state index in [2.05, 4.69) is 54.6 Å². The van der Waals surface area contributed by atoms with Crippen LogP contribution < -0.4 is 5.32 Å². The number of hydrogen-bond donors (Lipinski definition) is 1. The van der Waals surface area contributed by atoms with Crippen molar-refractivity contribution in [1.82, 2.24) is 10.2 Å². The van der Waals surface area contributed by atoms with Gasteiger partial charge in [0.25, 0.3) is 0 Å². The van der Waals surface area contributed by atoms with Crippen LogP contribution in [0, 0.1) is 0 Å². The van der Waals surface area contributed by atoms with Gasteiger partial charge in [0.1, 0.15) is 0 Å². The molecule has 2 unspecified atom stereocenters. The fraction of sp³-hybridized carbons (Fsp3) is 0.500. The van der Waals surface area contributed by atoms with Crippen LogP contribution in [0.5, 0.6) is 0 Å². The van der Waals surface area contributed by atoms with E-state index in [1.54, 1.807) is 0 Å². The molecule has 76 valence electrons. The zero-order chi connectivity index (χ0) is 9.97. The summed E-state index contributed by atoms with van der Waals surface area (Å²) in [5.74, 6) is 0.645. The van der Waals surface area contributed by atoms with Gasteiger partial charge in [0.05, 0.1) is 0 Å². The highest BCUT2D eigenvalue weighted by molar-refractivity contribution is 5.23. The lowest BCUT2D eigenvalue weighted by atomic mass is 9.95. The number of rotatable bonds is 2. The molecule has 0 radical (unpaired) electrons. The van der Waals surface area contributed by atoms with Crippen LogP contribution in [0.1, 0.15) is 11.5 Å². The van der Waals surface area contributed by atoms with E-state index >= 15 is 0 Å². The molecule has 2 nitrogen and oxygen atoms in total. The molecule has 1 N–H and O–H groups in total. The first kappa shape index (κ1) is 9.69. The molecule has 2 heteroatoms. The van der Waals surface area contributed by atoms with Gasteiger partial charge < -0.3 is 10.2 Å². The molecule has 2 atom stereocenters. The maximum Gasteiger partial charge on any atom is 0.0272 e. The lowest BCUT2D eigenvalue weighted by Crippen LogP contribution is -2.31. The number of nitrogens with zero attached hydrogens (tertiary/aromatic N) is 1. The van der Waals surface area contributed by atoms with Gasteiger partial charge in [-0.1, -0.05) is 30.3 Å². The highest BCUT2D eigenvalue weighted by Crippen LogP contribution is 2.26. The Morgan fingerprint density at radius 1 is 1.21 bits per heavy atom. The smallest absolute Gasteiger partial charge is 0.0272 e. The largest absolute Gasteiger partial charge is 0.315 e. The van der Waals surface area contributed by atoms with Crippen LogP contribution in [0.4, 0.5) is 0 Å². The first-order valence-electron chi connectivity index (χ1n) is 5.22. The maximum atomic E-state index is 3.40. The van der Waals surface area contributed by atoms with Crippen molar-refractivity contribution in [3.63, 3.8) is 0 Å². The van der Waals surface area contributed by atoms with E-state index < -0.39 is 0 Å². The van der Waals surface area contributed by atoms with Crippen LogP contribution in [-0.4, -0.2) is 38.1 Å². The molecule has 1 aliphatic heterocycles. The summed E-state index contributed by atoms with van der Waals surface area (Å²) in [6.45, 7) is 2.31. The number of nitrogens with one attached hydrogen (secondary N) is 1. The molecular formula is C12H18N2. The Bertz CT molecular complexity index is 284. The van der Waals surface area contributed by atoms with Gasteiger partial charge in [0, 0.05) is 25.0 Å². The Kier molecular flexibility index (Phi) is 2.85. The Labute approximate surface area is 85.9 Å². The molecule has 1 saturated heterocycles. The minimum absolute atomic E-state index is 0.599. The highest BCUT2D eigenvalue weighted by atomic mass is 15.2. The van der Waals surface area contributed by atoms with Gasteiger partial charge in [0.15, 0.2) is 0 Å². The predicted molar refractivity (Wildman–Crippen MR) is 59.5 cm³/mol. The molecule has 0 spiro atoms. The second-order valence-corrected chi connectivity index (χ2v) is 4.13. The second-order valence-electron chi connectivity index (χ2n) is 4.13. The van der Waals surface area contributed by atoms with E-state index in [-0.39, 0.29) is 0 Å². The third-order valence-corrected chi connectivity index (χ3v) is 3.10. The number of likely N-dealkylation sites (N-methyl/N-ethyl adjacent to an activating group) is 2. The molecule has 0 aromatic heterocycles. The quantitative estimate of drug-likeness (QED) is 0.756. The minimum Gasteiger partial charge on any atom is -0.315 e. The van der Waals surface area contributed by atoms with E-state index in [9.17, 15) is 0 Å². The second kappa shape index (κ2) is 4.11. The van der Waals surface area contributed by atoms with Gasteiger partial charge in [-0.05, 0) is 19.7 Å². The molecule has 0 aliphatic carbocycles. The summed E-state index contributed by atoms with van der Waals surface area (Å²) in [6, 6.07) is 11.4. The van der Waals surface area contributed by atoms with Gasteiger partial charge in [-0.15, -0.1) is 0 Å². The van der Waals surface area contributed by atoms with Crippen molar-refractivity contribution in [3.05, 3.63) is 35.9 Å². The van der Waals surface area contributed by atoms with Crippen LogP contribution in [0.2, 0.25) is 0 Å². The summed E-state index contributed by atoms with van der Waals surface area (Å²) in [5, 5.41) is 3.40. The molecule has 0 amide bonds. The molecule has 0 bridgehead atoms. The Hall–Kier alpha value is -0.860. The maximum absolute atomic E-state index is 3.40. The van der Waals surface area contributed by atoms with Gasteiger partial charge >= 0.3 is 0 Å². The SMILES string of the molecule is CNC1CN(C)CC1c1ccccc1. The number of benzene rings is 1. The van der Waals surface area contributed by atoms with E-state index in [1.807, 2.05) is 0 Å². The fourth-order valence-electron chi connectivity index (χ4n) is 2.33. The first-order valence-corrected chi connectivity index (χ1v) is 5.22. The molecule has 0 saturated carbocycles. The summed E-state index contributed by atoms with van der Waals surface area (Å²) >= 11 is 0. The summed E-state index contributed by atoms with van der Waals surface area (Å²) in [7, 11) is 4.24. The zero-order valence-electron chi connectivity index (χ0n) is 8.90. The normalized spacial score (nSPS) is 28.1. The van der Waals surface area contributed by atoms with Crippen molar-refractivity contribution in [2.24, 2.45) is 0 Å². The fourth-order valence-corrected chi connectivity index (χ4v) is 2.33. The summed E-state index contributed by atoms with van der Waals surface area (Å²) in [4.78, 5) is 2.39. The van der Waals surface area contributed by atoms with E-state index in [1.165, 1.54) is 5.56 Å². The summed E-state index contributed by atoms with van der Waals surface area (Å²) in [5.41, 5.74) is 1.45. The van der Waals surface area contributed by atoms with Gasteiger partial charge in [-0.3, -0.25) is 0 Å². The topological polar surface area (TPSA) is 15.3 Å². The molecular weight excluding hydrogens is 172 g/mol. The van der Waals surface area contributed by atoms with Gasteiger partial charge in [-0.25, -0.2) is 0 Å². The van der Waals surface area contributed by atoms with E-state index in [4.69, 9.17) is 0 Å². The van der Waals surface area contributed by atoms with Crippen molar-refractivity contribution in [2.75, 3.05) is 27.2 Å². The molecule has 1 aliphatic rings. The van der Waals surface area contributed by atoms with Crippen LogP contribution in [0.3, 0.4) is 0 Å². The minimum atomic E-state index is 0.599. The Morgan fingerprint density at radius 3 is 2.57 bits per heavy atom. The van der Waals surface area contributed by atoms with Crippen molar-refractivity contribution in [2.45, 2.75) is 12.0 Å². The van der Waals surface area contributed by atoms with Crippen molar-refractivity contribution in [3.8, 4) is 0 Å². The molecule has 1 heterocycles. The predicted octanol–water partition coefficient (Wildman–Crippen LogP) is 1.30. The molecule has 14 heavy (non-hydrogen) atoms. The zero-order valence-corrected chi connectivity index (χ0v) is 8.90. The van der Waals surface area contributed by atoms with Crippen LogP contribution in [0.25, 0.3) is 0 Å². The Morgan fingerprint density at radius 2 is 1.93 bits per heavy atom. The van der Waals surface area contributed by atoms with Crippen molar-refractivity contribution >= 4 is 0 Å². The average molecular weight is 190 g/mol. The molecule has 1 aromatic rings. The third kappa shape index (κ3) is 1.81.